The van der Waals surface area contributed by atoms with Gasteiger partial charge in [0.15, 0.2) is 0 Å². The lowest BCUT2D eigenvalue weighted by molar-refractivity contribution is -0.141. The van der Waals surface area contributed by atoms with E-state index in [2.05, 4.69) is 40.7 Å². The smallest absolute Gasteiger partial charge is 0.331 e. The molecule has 0 N–H and O–H groups in total. The van der Waals surface area contributed by atoms with E-state index in [0.717, 1.165) is 47.5 Å². The zero-order valence-electron chi connectivity index (χ0n) is 20.6. The second-order valence-electron chi connectivity index (χ2n) is 12.8. The molecule has 31 heavy (non-hydrogen) atoms. The van der Waals surface area contributed by atoms with Gasteiger partial charge in [-0.05, 0) is 96.9 Å². The summed E-state index contributed by atoms with van der Waals surface area (Å²) in [6, 6.07) is 0. The first kappa shape index (κ1) is 21.8. The minimum absolute atomic E-state index is 0.0191. The molecular formula is C29H44O2. The molecular weight excluding hydrogens is 380 g/mol. The molecule has 8 atom stereocenters. The summed E-state index contributed by atoms with van der Waals surface area (Å²) < 4.78 is 5.69. The number of allylic oxidation sites excluding steroid dienone is 1. The summed E-state index contributed by atoms with van der Waals surface area (Å²) in [4.78, 5) is 11.9. The van der Waals surface area contributed by atoms with Crippen LogP contribution >= 0.6 is 0 Å². The summed E-state index contributed by atoms with van der Waals surface area (Å²) in [6.45, 7) is 12.5. The van der Waals surface area contributed by atoms with Gasteiger partial charge in [0, 0.05) is 6.08 Å². The highest BCUT2D eigenvalue weighted by atomic mass is 16.5. The molecule has 3 fully saturated rings. The third-order valence-electron chi connectivity index (χ3n) is 10.8. The number of hydrogen-bond acceptors (Lipinski definition) is 2. The van der Waals surface area contributed by atoms with Gasteiger partial charge in [0.2, 0.25) is 0 Å². The lowest BCUT2D eigenvalue weighted by atomic mass is 9.46. The standard InChI is InChI=1S/C29H44O2/c1-18(2)7-6-8-19(3)23-11-12-24-22-10-9-21-15-20-16-27(30)31-26(20)17-29(21,5)25(22)13-14-28(23,24)4/h15-16,18-19,22-26H,6-14,17H2,1-5H3. The molecule has 5 rings (SSSR count). The van der Waals surface area contributed by atoms with Crippen molar-refractivity contribution in [2.75, 3.05) is 0 Å². The van der Waals surface area contributed by atoms with Gasteiger partial charge in [0.05, 0.1) is 0 Å². The van der Waals surface area contributed by atoms with Crippen LogP contribution in [0.1, 0.15) is 98.8 Å². The molecule has 5 aliphatic rings. The van der Waals surface area contributed by atoms with Crippen LogP contribution in [0.15, 0.2) is 23.3 Å². The zero-order chi connectivity index (χ0) is 22.0. The van der Waals surface area contributed by atoms with Gasteiger partial charge in [-0.1, -0.05) is 65.5 Å². The van der Waals surface area contributed by atoms with E-state index >= 15 is 0 Å². The van der Waals surface area contributed by atoms with E-state index in [1.165, 1.54) is 57.8 Å². The zero-order valence-corrected chi connectivity index (χ0v) is 20.6. The van der Waals surface area contributed by atoms with Crippen molar-refractivity contribution < 1.29 is 9.53 Å². The summed E-state index contributed by atoms with van der Waals surface area (Å²) in [6.07, 6.45) is 17.7. The average Bonchev–Trinajstić information content (AvgIpc) is 3.23. The molecule has 172 valence electrons. The number of ether oxygens (including phenoxy) is 1. The average molecular weight is 425 g/mol. The molecule has 0 amide bonds. The Hall–Kier alpha value is -1.05. The SMILES string of the molecule is CC(C)CCCC(C)C1CCC2C3CCC4=CC5=CC(=O)OC5CC4(C)C3CCC12C. The lowest BCUT2D eigenvalue weighted by Crippen LogP contribution is -2.51. The quantitative estimate of drug-likeness (QED) is 0.427. The molecule has 0 aromatic heterocycles. The van der Waals surface area contributed by atoms with Gasteiger partial charge in [-0.2, -0.15) is 0 Å². The molecule has 0 spiro atoms. The molecule has 3 saturated carbocycles. The van der Waals surface area contributed by atoms with E-state index < -0.39 is 0 Å². The number of hydrogen-bond donors (Lipinski definition) is 0. The monoisotopic (exact) mass is 424 g/mol. The van der Waals surface area contributed by atoms with Crippen LogP contribution in [0.4, 0.5) is 0 Å². The Labute approximate surface area is 190 Å². The van der Waals surface area contributed by atoms with E-state index in [9.17, 15) is 4.79 Å². The van der Waals surface area contributed by atoms with E-state index in [1.54, 1.807) is 11.6 Å². The van der Waals surface area contributed by atoms with Crippen LogP contribution in [-0.2, 0) is 9.53 Å². The van der Waals surface area contributed by atoms with Crippen molar-refractivity contribution in [1.29, 1.82) is 0 Å². The maximum Gasteiger partial charge on any atom is 0.331 e. The minimum atomic E-state index is -0.128. The van der Waals surface area contributed by atoms with Gasteiger partial charge in [-0.15, -0.1) is 0 Å². The Morgan fingerprint density at radius 2 is 1.84 bits per heavy atom. The summed E-state index contributed by atoms with van der Waals surface area (Å²) in [5, 5.41) is 0. The predicted molar refractivity (Wildman–Crippen MR) is 126 cm³/mol. The highest BCUT2D eigenvalue weighted by molar-refractivity contribution is 5.87. The van der Waals surface area contributed by atoms with Gasteiger partial charge in [0.25, 0.3) is 0 Å². The molecule has 1 heterocycles. The van der Waals surface area contributed by atoms with E-state index in [-0.39, 0.29) is 17.5 Å². The van der Waals surface area contributed by atoms with Crippen molar-refractivity contribution in [3.63, 3.8) is 0 Å². The first-order valence-corrected chi connectivity index (χ1v) is 13.4. The fraction of sp³-hybridized carbons (Fsp3) is 0.828. The third-order valence-corrected chi connectivity index (χ3v) is 10.8. The second-order valence-corrected chi connectivity index (χ2v) is 12.8. The Morgan fingerprint density at radius 1 is 1.03 bits per heavy atom. The predicted octanol–water partition coefficient (Wildman–Crippen LogP) is 7.49. The summed E-state index contributed by atoms with van der Waals surface area (Å²) in [7, 11) is 0. The molecule has 0 aromatic rings. The van der Waals surface area contributed by atoms with E-state index in [1.807, 2.05) is 0 Å². The Bertz CT molecular complexity index is 791. The van der Waals surface area contributed by atoms with Gasteiger partial charge < -0.3 is 4.74 Å². The second kappa shape index (κ2) is 7.77. The lowest BCUT2D eigenvalue weighted by Gasteiger charge is -2.59. The minimum Gasteiger partial charge on any atom is -0.454 e. The van der Waals surface area contributed by atoms with Crippen molar-refractivity contribution in [2.45, 2.75) is 105 Å². The van der Waals surface area contributed by atoms with Crippen LogP contribution in [-0.4, -0.2) is 12.1 Å². The summed E-state index contributed by atoms with van der Waals surface area (Å²) >= 11 is 0. The molecule has 0 bridgehead atoms. The highest BCUT2D eigenvalue weighted by Crippen LogP contribution is 2.68. The van der Waals surface area contributed by atoms with E-state index in [0.29, 0.717) is 5.41 Å². The van der Waals surface area contributed by atoms with Gasteiger partial charge >= 0.3 is 5.97 Å². The largest absolute Gasteiger partial charge is 0.454 e. The molecule has 8 unspecified atom stereocenters. The van der Waals surface area contributed by atoms with Crippen molar-refractivity contribution in [3.8, 4) is 0 Å². The third kappa shape index (κ3) is 3.46. The van der Waals surface area contributed by atoms with Crippen LogP contribution in [0.25, 0.3) is 0 Å². The van der Waals surface area contributed by atoms with Crippen LogP contribution in [0.3, 0.4) is 0 Å². The topological polar surface area (TPSA) is 26.3 Å². The summed E-state index contributed by atoms with van der Waals surface area (Å²) in [5.41, 5.74) is 3.55. The molecule has 2 heteroatoms. The van der Waals surface area contributed by atoms with Crippen molar-refractivity contribution >= 4 is 5.97 Å². The Kier molecular flexibility index (Phi) is 5.46. The maximum absolute atomic E-state index is 11.9. The normalized spacial score (nSPS) is 44.6. The molecule has 2 nitrogen and oxygen atoms in total. The van der Waals surface area contributed by atoms with Gasteiger partial charge in [-0.3, -0.25) is 0 Å². The molecule has 0 radical (unpaired) electrons. The van der Waals surface area contributed by atoms with Crippen molar-refractivity contribution in [3.05, 3.63) is 23.3 Å². The van der Waals surface area contributed by atoms with Crippen LogP contribution in [0.5, 0.6) is 0 Å². The van der Waals surface area contributed by atoms with Gasteiger partial charge in [-0.25, -0.2) is 4.79 Å². The van der Waals surface area contributed by atoms with Gasteiger partial charge in [0.1, 0.15) is 6.10 Å². The number of fused-ring (bicyclic) bond motifs is 6. The van der Waals surface area contributed by atoms with Crippen LogP contribution in [0, 0.1) is 46.3 Å². The number of carbonyl (C=O) groups is 1. The van der Waals surface area contributed by atoms with Crippen LogP contribution in [0.2, 0.25) is 0 Å². The van der Waals surface area contributed by atoms with Crippen molar-refractivity contribution in [1.82, 2.24) is 0 Å². The molecule has 0 saturated heterocycles. The number of rotatable bonds is 5. The Balaban J connectivity index is 1.33. The van der Waals surface area contributed by atoms with E-state index in [4.69, 9.17) is 4.74 Å². The van der Waals surface area contributed by atoms with Crippen LogP contribution < -0.4 is 0 Å². The maximum atomic E-state index is 11.9. The molecule has 0 aromatic carbocycles. The molecule has 4 aliphatic carbocycles. The summed E-state index contributed by atoms with van der Waals surface area (Å²) in [5.74, 6) is 5.07. The first-order chi connectivity index (χ1) is 14.7. The van der Waals surface area contributed by atoms with Crippen molar-refractivity contribution in [2.24, 2.45) is 46.3 Å². The highest BCUT2D eigenvalue weighted by Gasteiger charge is 2.60. The number of esters is 1. The molecule has 1 aliphatic heterocycles. The fourth-order valence-corrected chi connectivity index (χ4v) is 9.22. The number of carbonyl (C=O) groups excluding carboxylic acids is 1. The first-order valence-electron chi connectivity index (χ1n) is 13.4. The fourth-order valence-electron chi connectivity index (χ4n) is 9.22. The Morgan fingerprint density at radius 3 is 2.61 bits per heavy atom.